The van der Waals surface area contributed by atoms with E-state index in [1.165, 1.54) is 6.08 Å². The summed E-state index contributed by atoms with van der Waals surface area (Å²) >= 11 is 0. The van der Waals surface area contributed by atoms with Gasteiger partial charge in [-0.15, -0.1) is 0 Å². The number of nitro groups is 1. The second kappa shape index (κ2) is 6.85. The van der Waals surface area contributed by atoms with E-state index in [1.54, 1.807) is 31.7 Å². The minimum absolute atomic E-state index is 0.368. The van der Waals surface area contributed by atoms with Gasteiger partial charge in [0.25, 0.3) is 0 Å². The highest BCUT2D eigenvalue weighted by molar-refractivity contribution is 5.68. The van der Waals surface area contributed by atoms with Gasteiger partial charge in [0.05, 0.1) is 11.3 Å². The first-order chi connectivity index (χ1) is 11.5. The Hall–Kier alpha value is -2.38. The fraction of sp³-hybridized carbons (Fsp3) is 0.588. The van der Waals surface area contributed by atoms with Crippen LogP contribution >= 0.6 is 0 Å². The molecule has 0 bridgehead atoms. The largest absolute Gasteiger partial charge is 0.503 e. The number of aliphatic hydroxyl groups excluding tert-OH is 1. The van der Waals surface area contributed by atoms with Crippen LogP contribution in [0, 0.1) is 10.1 Å². The van der Waals surface area contributed by atoms with Gasteiger partial charge in [-0.1, -0.05) is 17.7 Å². The van der Waals surface area contributed by atoms with E-state index in [0.717, 1.165) is 11.6 Å². The van der Waals surface area contributed by atoms with E-state index >= 15 is 0 Å². The Balaban J connectivity index is 1.99. The van der Waals surface area contributed by atoms with E-state index in [0.29, 0.717) is 31.5 Å². The molecule has 1 amide bonds. The molecule has 0 aromatic rings. The normalized spacial score (nSPS) is 24.3. The molecule has 0 spiro atoms. The van der Waals surface area contributed by atoms with Crippen LogP contribution in [0.1, 0.15) is 40.0 Å². The molecule has 0 radical (unpaired) electrons. The number of rotatable bonds is 2. The SMILES string of the molecule is CC(C)(C)OC(=O)N1CCC(=CC2=CC=C(O)C(F)([N+](=O)[O-])C2)CC1. The average Bonchev–Trinajstić information content (AvgIpc) is 2.50. The Morgan fingerprint density at radius 3 is 2.52 bits per heavy atom. The summed E-state index contributed by atoms with van der Waals surface area (Å²) in [6.45, 7) is 6.36. The monoisotopic (exact) mass is 354 g/mol. The van der Waals surface area contributed by atoms with Crippen molar-refractivity contribution < 1.29 is 24.0 Å². The molecule has 138 valence electrons. The maximum atomic E-state index is 14.3. The number of carbonyl (C=O) groups excluding carboxylic acids is 1. The predicted molar refractivity (Wildman–Crippen MR) is 89.4 cm³/mol. The molecule has 1 aliphatic carbocycles. The van der Waals surface area contributed by atoms with Crippen LogP contribution in [0.4, 0.5) is 9.18 Å². The highest BCUT2D eigenvalue weighted by Crippen LogP contribution is 2.34. The van der Waals surface area contributed by atoms with E-state index in [2.05, 4.69) is 0 Å². The summed E-state index contributed by atoms with van der Waals surface area (Å²) in [5.41, 5.74) is 0.866. The van der Waals surface area contributed by atoms with Gasteiger partial charge in [-0.3, -0.25) is 10.1 Å². The van der Waals surface area contributed by atoms with Crippen LogP contribution in [0.25, 0.3) is 0 Å². The summed E-state index contributed by atoms with van der Waals surface area (Å²) in [5.74, 6) is -3.86. The molecule has 1 unspecified atom stereocenters. The molecule has 7 nitrogen and oxygen atoms in total. The zero-order valence-electron chi connectivity index (χ0n) is 14.6. The second-order valence-electron chi connectivity index (χ2n) is 7.26. The van der Waals surface area contributed by atoms with Crippen molar-refractivity contribution in [3.05, 3.63) is 45.2 Å². The van der Waals surface area contributed by atoms with E-state index in [1.807, 2.05) is 0 Å². The van der Waals surface area contributed by atoms with Gasteiger partial charge in [0.2, 0.25) is 5.76 Å². The molecule has 1 N–H and O–H groups in total. The van der Waals surface area contributed by atoms with E-state index in [-0.39, 0.29) is 6.09 Å². The maximum Gasteiger partial charge on any atom is 0.419 e. The van der Waals surface area contributed by atoms with E-state index < -0.39 is 28.5 Å². The standard InChI is InChI=1S/C17H23FN2O5/c1-16(2,3)25-15(22)19-8-6-12(7-9-19)10-13-4-5-14(21)17(18,11-13)20(23)24/h4-5,10,21H,6-9,11H2,1-3H3. The number of aliphatic hydroxyl groups is 1. The maximum absolute atomic E-state index is 14.3. The summed E-state index contributed by atoms with van der Waals surface area (Å²) in [6, 6.07) is 0. The predicted octanol–water partition coefficient (Wildman–Crippen LogP) is 3.66. The highest BCUT2D eigenvalue weighted by Gasteiger charge is 2.49. The van der Waals surface area contributed by atoms with Crippen molar-refractivity contribution in [2.24, 2.45) is 0 Å². The summed E-state index contributed by atoms with van der Waals surface area (Å²) < 4.78 is 19.6. The molecule has 2 aliphatic rings. The van der Waals surface area contributed by atoms with Crippen molar-refractivity contribution in [2.75, 3.05) is 13.1 Å². The number of nitrogens with zero attached hydrogens (tertiary/aromatic N) is 2. The molecule has 0 saturated carbocycles. The van der Waals surface area contributed by atoms with Crippen molar-refractivity contribution in [1.29, 1.82) is 0 Å². The molecule has 8 heteroatoms. The molecule has 0 aromatic heterocycles. The van der Waals surface area contributed by atoms with E-state index in [4.69, 9.17) is 4.74 Å². The number of alkyl halides is 1. The number of allylic oxidation sites excluding steroid dienone is 3. The van der Waals surface area contributed by atoms with Gasteiger partial charge in [0.15, 0.2) is 0 Å². The number of hydrogen-bond donors (Lipinski definition) is 1. The van der Waals surface area contributed by atoms with Crippen LogP contribution in [0.3, 0.4) is 0 Å². The van der Waals surface area contributed by atoms with Gasteiger partial charge < -0.3 is 14.7 Å². The molecule has 25 heavy (non-hydrogen) atoms. The van der Waals surface area contributed by atoms with Crippen LogP contribution in [0.5, 0.6) is 0 Å². The van der Waals surface area contributed by atoms with Gasteiger partial charge in [-0.2, -0.15) is 4.39 Å². The number of carbonyl (C=O) groups is 1. The lowest BCUT2D eigenvalue weighted by Gasteiger charge is -2.31. The Labute approximate surface area is 145 Å². The van der Waals surface area contributed by atoms with Crippen molar-refractivity contribution >= 4 is 6.09 Å². The molecule has 1 heterocycles. The third-order valence-corrected chi connectivity index (χ3v) is 4.02. The summed E-state index contributed by atoms with van der Waals surface area (Å²) in [5, 5.41) is 20.3. The number of hydrogen-bond acceptors (Lipinski definition) is 5. The van der Waals surface area contributed by atoms with Crippen molar-refractivity contribution in [2.45, 2.75) is 51.4 Å². The molecular formula is C17H23FN2O5. The summed E-state index contributed by atoms with van der Waals surface area (Å²) in [6.07, 6.45) is 4.51. The molecular weight excluding hydrogens is 331 g/mol. The van der Waals surface area contributed by atoms with Crippen LogP contribution in [-0.2, 0) is 4.74 Å². The Morgan fingerprint density at radius 1 is 1.40 bits per heavy atom. The number of ether oxygens (including phenoxy) is 1. The van der Waals surface area contributed by atoms with Crippen molar-refractivity contribution in [1.82, 2.24) is 4.90 Å². The second-order valence-corrected chi connectivity index (χ2v) is 7.26. The van der Waals surface area contributed by atoms with Gasteiger partial charge in [-0.05, 0) is 45.3 Å². The molecule has 1 fully saturated rings. The number of amides is 1. The number of likely N-dealkylation sites (tertiary alicyclic amines) is 1. The van der Waals surface area contributed by atoms with Gasteiger partial charge in [0.1, 0.15) is 5.60 Å². The van der Waals surface area contributed by atoms with Crippen LogP contribution in [0.15, 0.2) is 35.1 Å². The molecule has 2 rings (SSSR count). The molecule has 1 saturated heterocycles. The molecule has 1 atom stereocenters. The fourth-order valence-electron chi connectivity index (χ4n) is 2.70. The van der Waals surface area contributed by atoms with Gasteiger partial charge >= 0.3 is 11.9 Å². The Bertz CT molecular complexity index is 652. The third-order valence-electron chi connectivity index (χ3n) is 4.02. The topological polar surface area (TPSA) is 92.9 Å². The van der Waals surface area contributed by atoms with Gasteiger partial charge in [0, 0.05) is 13.1 Å². The molecule has 0 aromatic carbocycles. The van der Waals surface area contributed by atoms with Crippen LogP contribution in [-0.4, -0.2) is 45.5 Å². The highest BCUT2D eigenvalue weighted by atomic mass is 19.1. The minimum atomic E-state index is -2.97. The smallest absolute Gasteiger partial charge is 0.419 e. The summed E-state index contributed by atoms with van der Waals surface area (Å²) in [7, 11) is 0. The van der Waals surface area contributed by atoms with Crippen molar-refractivity contribution in [3.63, 3.8) is 0 Å². The third kappa shape index (κ3) is 4.58. The average molecular weight is 354 g/mol. The fourth-order valence-corrected chi connectivity index (χ4v) is 2.70. The Kier molecular flexibility index (Phi) is 5.20. The first-order valence-corrected chi connectivity index (χ1v) is 8.12. The van der Waals surface area contributed by atoms with Crippen LogP contribution in [0.2, 0.25) is 0 Å². The Morgan fingerprint density at radius 2 is 2.00 bits per heavy atom. The quantitative estimate of drug-likeness (QED) is 0.464. The van der Waals surface area contributed by atoms with Crippen LogP contribution < -0.4 is 0 Å². The lowest BCUT2D eigenvalue weighted by Crippen LogP contribution is -2.40. The zero-order chi connectivity index (χ0) is 18.8. The van der Waals surface area contributed by atoms with Gasteiger partial charge in [-0.25, -0.2) is 4.79 Å². The lowest BCUT2D eigenvalue weighted by molar-refractivity contribution is -0.597. The summed E-state index contributed by atoms with van der Waals surface area (Å²) in [4.78, 5) is 23.4. The first-order valence-electron chi connectivity index (χ1n) is 8.12. The zero-order valence-corrected chi connectivity index (χ0v) is 14.6. The minimum Gasteiger partial charge on any atom is -0.503 e. The number of halogens is 1. The number of piperidine rings is 1. The lowest BCUT2D eigenvalue weighted by atomic mass is 9.93. The van der Waals surface area contributed by atoms with Crippen molar-refractivity contribution in [3.8, 4) is 0 Å². The first kappa shape index (κ1) is 19.0. The van der Waals surface area contributed by atoms with E-state index in [9.17, 15) is 24.4 Å². The molecule has 1 aliphatic heterocycles.